The van der Waals surface area contributed by atoms with Crippen molar-refractivity contribution in [2.75, 3.05) is 6.54 Å². The molecule has 0 aliphatic carbocycles. The van der Waals surface area contributed by atoms with Gasteiger partial charge in [0.25, 0.3) is 5.91 Å². The van der Waals surface area contributed by atoms with Crippen molar-refractivity contribution in [3.05, 3.63) is 76.3 Å². The van der Waals surface area contributed by atoms with Crippen molar-refractivity contribution in [1.82, 2.24) is 30.0 Å². The third kappa shape index (κ3) is 3.71. The van der Waals surface area contributed by atoms with E-state index in [2.05, 4.69) is 32.4 Å². The number of rotatable bonds is 5. The molecular formula is C22H22N6OS. The number of aryl methyl sites for hydroxylation is 1. The van der Waals surface area contributed by atoms with E-state index in [1.807, 2.05) is 36.0 Å². The molecule has 1 aliphatic heterocycles. The first-order valence-corrected chi connectivity index (χ1v) is 10.8. The third-order valence-electron chi connectivity index (χ3n) is 5.41. The molecule has 7 nitrogen and oxygen atoms in total. The molecule has 0 bridgehead atoms. The standard InChI is InChI=1S/C22H22N6OS/c1-27-18-8-10-28(14-20-25-17-6-2-3-7-19(17)30-20)13-16(18)21(26-27)22(29)24-12-15-5-4-9-23-11-15/h2-7,9,11H,8,10,12-14H2,1H3,(H,24,29). The van der Waals surface area contributed by atoms with Crippen LogP contribution in [0.25, 0.3) is 10.2 Å². The molecule has 0 radical (unpaired) electrons. The highest BCUT2D eigenvalue weighted by molar-refractivity contribution is 7.18. The van der Waals surface area contributed by atoms with Crippen LogP contribution in [0.1, 0.15) is 32.3 Å². The molecule has 1 amide bonds. The van der Waals surface area contributed by atoms with Gasteiger partial charge in [0.05, 0.1) is 16.8 Å². The Labute approximate surface area is 178 Å². The summed E-state index contributed by atoms with van der Waals surface area (Å²) in [7, 11) is 1.92. The highest BCUT2D eigenvalue weighted by Crippen LogP contribution is 2.27. The number of fused-ring (bicyclic) bond motifs is 2. The van der Waals surface area contributed by atoms with E-state index >= 15 is 0 Å². The first kappa shape index (κ1) is 18.9. The number of hydrogen-bond donors (Lipinski definition) is 1. The molecule has 1 aromatic carbocycles. The Bertz CT molecular complexity index is 1170. The average Bonchev–Trinajstić information content (AvgIpc) is 3.33. The van der Waals surface area contributed by atoms with Gasteiger partial charge in [0.15, 0.2) is 5.69 Å². The normalized spacial score (nSPS) is 14.0. The van der Waals surface area contributed by atoms with Gasteiger partial charge in [0.2, 0.25) is 0 Å². The number of thiazole rings is 1. The molecule has 0 saturated heterocycles. The Morgan fingerprint density at radius 3 is 2.97 bits per heavy atom. The highest BCUT2D eigenvalue weighted by Gasteiger charge is 2.27. The topological polar surface area (TPSA) is 75.9 Å². The number of hydrogen-bond acceptors (Lipinski definition) is 6. The van der Waals surface area contributed by atoms with Gasteiger partial charge in [0, 0.05) is 56.8 Å². The minimum atomic E-state index is -0.141. The zero-order chi connectivity index (χ0) is 20.5. The fourth-order valence-electron chi connectivity index (χ4n) is 3.91. The lowest BCUT2D eigenvalue weighted by molar-refractivity contribution is 0.0942. The van der Waals surface area contributed by atoms with Gasteiger partial charge in [-0.3, -0.25) is 19.4 Å². The summed E-state index contributed by atoms with van der Waals surface area (Å²) in [5.74, 6) is -0.141. The van der Waals surface area contributed by atoms with Crippen LogP contribution in [-0.2, 0) is 33.1 Å². The summed E-state index contributed by atoms with van der Waals surface area (Å²) in [5, 5.41) is 8.61. The van der Waals surface area contributed by atoms with Gasteiger partial charge in [-0.05, 0) is 23.8 Å². The fourth-order valence-corrected chi connectivity index (χ4v) is 4.92. The van der Waals surface area contributed by atoms with Gasteiger partial charge >= 0.3 is 0 Å². The second-order valence-electron chi connectivity index (χ2n) is 7.48. The maximum absolute atomic E-state index is 12.8. The van der Waals surface area contributed by atoms with Crippen LogP contribution in [0.2, 0.25) is 0 Å². The summed E-state index contributed by atoms with van der Waals surface area (Å²) < 4.78 is 3.06. The Morgan fingerprint density at radius 1 is 1.23 bits per heavy atom. The van der Waals surface area contributed by atoms with E-state index in [0.717, 1.165) is 46.9 Å². The third-order valence-corrected chi connectivity index (χ3v) is 6.43. The van der Waals surface area contributed by atoms with E-state index in [9.17, 15) is 4.79 Å². The first-order chi connectivity index (χ1) is 14.7. The van der Waals surface area contributed by atoms with Gasteiger partial charge < -0.3 is 5.32 Å². The molecule has 1 aliphatic rings. The van der Waals surface area contributed by atoms with Crippen molar-refractivity contribution in [2.24, 2.45) is 7.05 Å². The van der Waals surface area contributed by atoms with Gasteiger partial charge in [0.1, 0.15) is 5.01 Å². The van der Waals surface area contributed by atoms with E-state index in [4.69, 9.17) is 4.98 Å². The molecule has 4 aromatic rings. The number of pyridine rings is 1. The van der Waals surface area contributed by atoms with Crippen LogP contribution in [0, 0.1) is 0 Å². The summed E-state index contributed by atoms with van der Waals surface area (Å²) in [6, 6.07) is 12.0. The van der Waals surface area contributed by atoms with Crippen LogP contribution in [0.3, 0.4) is 0 Å². The van der Waals surface area contributed by atoms with Crippen LogP contribution < -0.4 is 5.32 Å². The van der Waals surface area contributed by atoms with Crippen molar-refractivity contribution in [3.8, 4) is 0 Å². The van der Waals surface area contributed by atoms with Crippen molar-refractivity contribution < 1.29 is 4.79 Å². The lowest BCUT2D eigenvalue weighted by Gasteiger charge is -2.26. The summed E-state index contributed by atoms with van der Waals surface area (Å²) in [4.78, 5) is 24.0. The van der Waals surface area contributed by atoms with Gasteiger partial charge in [-0.1, -0.05) is 18.2 Å². The van der Waals surface area contributed by atoms with E-state index in [0.29, 0.717) is 18.8 Å². The number of nitrogens with zero attached hydrogens (tertiary/aromatic N) is 5. The Kier molecular flexibility index (Phi) is 5.02. The summed E-state index contributed by atoms with van der Waals surface area (Å²) >= 11 is 1.73. The molecule has 0 saturated carbocycles. The van der Waals surface area contributed by atoms with Crippen molar-refractivity contribution in [1.29, 1.82) is 0 Å². The molecular weight excluding hydrogens is 396 g/mol. The van der Waals surface area contributed by atoms with Crippen LogP contribution in [-0.4, -0.2) is 37.1 Å². The van der Waals surface area contributed by atoms with Crippen LogP contribution in [0.5, 0.6) is 0 Å². The minimum Gasteiger partial charge on any atom is -0.346 e. The first-order valence-electron chi connectivity index (χ1n) is 9.96. The maximum atomic E-state index is 12.8. The van der Waals surface area contributed by atoms with E-state index in [1.54, 1.807) is 23.7 Å². The summed E-state index contributed by atoms with van der Waals surface area (Å²) in [5.41, 5.74) is 4.70. The second kappa shape index (κ2) is 7.97. The fraction of sp³-hybridized carbons (Fsp3) is 0.273. The lowest BCUT2D eigenvalue weighted by Crippen LogP contribution is -2.32. The molecule has 0 atom stereocenters. The summed E-state index contributed by atoms with van der Waals surface area (Å²) in [6.45, 7) is 2.85. The molecule has 0 spiro atoms. The number of para-hydroxylation sites is 1. The predicted molar refractivity (Wildman–Crippen MR) is 116 cm³/mol. The van der Waals surface area contributed by atoms with Crippen molar-refractivity contribution >= 4 is 27.5 Å². The molecule has 0 fully saturated rings. The van der Waals surface area contributed by atoms with E-state index in [1.165, 1.54) is 4.70 Å². The zero-order valence-electron chi connectivity index (χ0n) is 16.7. The maximum Gasteiger partial charge on any atom is 0.272 e. The molecule has 5 rings (SSSR count). The average molecular weight is 419 g/mol. The van der Waals surface area contributed by atoms with Crippen molar-refractivity contribution in [3.63, 3.8) is 0 Å². The number of aromatic nitrogens is 4. The Morgan fingerprint density at radius 2 is 2.13 bits per heavy atom. The molecule has 1 N–H and O–H groups in total. The van der Waals surface area contributed by atoms with Crippen LogP contribution in [0.15, 0.2) is 48.8 Å². The molecule has 3 aromatic heterocycles. The second-order valence-corrected chi connectivity index (χ2v) is 8.59. The number of carbonyl (C=O) groups is 1. The van der Waals surface area contributed by atoms with Crippen LogP contribution >= 0.6 is 11.3 Å². The van der Waals surface area contributed by atoms with Gasteiger partial charge in [-0.25, -0.2) is 4.98 Å². The summed E-state index contributed by atoms with van der Waals surface area (Å²) in [6.07, 6.45) is 4.36. The largest absolute Gasteiger partial charge is 0.346 e. The van der Waals surface area contributed by atoms with E-state index < -0.39 is 0 Å². The van der Waals surface area contributed by atoms with Crippen molar-refractivity contribution in [2.45, 2.75) is 26.1 Å². The number of benzene rings is 1. The molecule has 0 unspecified atom stereocenters. The number of amides is 1. The molecule has 4 heterocycles. The SMILES string of the molecule is Cn1nc(C(=O)NCc2cccnc2)c2c1CCN(Cc1nc3ccccc3s1)C2. The number of nitrogens with one attached hydrogen (secondary N) is 1. The molecule has 152 valence electrons. The smallest absolute Gasteiger partial charge is 0.272 e. The zero-order valence-corrected chi connectivity index (χ0v) is 17.5. The highest BCUT2D eigenvalue weighted by atomic mass is 32.1. The van der Waals surface area contributed by atoms with E-state index in [-0.39, 0.29) is 5.91 Å². The quantitative estimate of drug-likeness (QED) is 0.539. The van der Waals surface area contributed by atoms with Gasteiger partial charge in [-0.15, -0.1) is 11.3 Å². The number of carbonyl (C=O) groups excluding carboxylic acids is 1. The lowest BCUT2D eigenvalue weighted by atomic mass is 10.0. The van der Waals surface area contributed by atoms with Gasteiger partial charge in [-0.2, -0.15) is 5.10 Å². The molecule has 30 heavy (non-hydrogen) atoms. The molecule has 8 heteroatoms. The minimum absolute atomic E-state index is 0.141. The predicted octanol–water partition coefficient (Wildman–Crippen LogP) is 2.91. The Hall–Kier alpha value is -3.10. The van der Waals surface area contributed by atoms with Crippen LogP contribution in [0.4, 0.5) is 0 Å². The Balaban J connectivity index is 1.32. The monoisotopic (exact) mass is 418 g/mol.